The van der Waals surface area contributed by atoms with Crippen LogP contribution in [-0.4, -0.2) is 30.2 Å². The Kier molecular flexibility index (Phi) is 6.62. The number of nitriles is 1. The zero-order chi connectivity index (χ0) is 22.2. The number of allylic oxidation sites excluding steroid dienone is 4. The quantitative estimate of drug-likeness (QED) is 0.423. The largest absolute Gasteiger partial charge is 0.497 e. The predicted octanol–water partition coefficient (Wildman–Crippen LogP) is 4.76. The minimum absolute atomic E-state index is 0.580. The molecule has 0 spiro atoms. The van der Waals surface area contributed by atoms with Crippen molar-refractivity contribution in [2.45, 2.75) is 6.42 Å². The number of hydrogen-bond acceptors (Lipinski definition) is 6. The molecule has 0 saturated carbocycles. The van der Waals surface area contributed by atoms with Crippen molar-refractivity contribution >= 4 is 16.7 Å². The van der Waals surface area contributed by atoms with Gasteiger partial charge in [-0.3, -0.25) is 0 Å². The van der Waals surface area contributed by atoms with Gasteiger partial charge in [0.1, 0.15) is 11.6 Å². The Bertz CT molecular complexity index is 1280. The highest BCUT2D eigenvalue weighted by atomic mass is 16.5. The SMILES string of the molecule is COc1ccc(-c2nc(NCCN/C3=C/C=C(/C#N)C=C=CC3)c3ccccc3n2)cc1. The van der Waals surface area contributed by atoms with E-state index in [2.05, 4.69) is 22.4 Å². The summed E-state index contributed by atoms with van der Waals surface area (Å²) < 4.78 is 5.25. The van der Waals surface area contributed by atoms with E-state index < -0.39 is 0 Å². The Labute approximate surface area is 187 Å². The molecule has 2 aromatic carbocycles. The molecule has 6 nitrogen and oxygen atoms in total. The lowest BCUT2D eigenvalue weighted by Gasteiger charge is -2.13. The molecule has 2 N–H and O–H groups in total. The standard InChI is InChI=1S/C26H23N5O/c1-32-22-14-11-20(12-15-22)25-30-24-9-5-4-8-23(24)26(31-25)29-17-16-28-21-7-3-2-6-19(18-27)10-13-21/h3-6,8-15,28H,7,16-17H2,1H3,(H,29,30,31)/b19-10+,21-13+. The lowest BCUT2D eigenvalue weighted by molar-refractivity contribution is 0.415. The second kappa shape index (κ2) is 10.1. The first kappa shape index (κ1) is 20.9. The lowest BCUT2D eigenvalue weighted by Crippen LogP contribution is -2.22. The normalized spacial score (nSPS) is 16.1. The topological polar surface area (TPSA) is 82.9 Å². The van der Waals surface area contributed by atoms with E-state index in [4.69, 9.17) is 20.0 Å². The molecule has 158 valence electrons. The number of fused-ring (bicyclic) bond motifs is 1. The van der Waals surface area contributed by atoms with Gasteiger partial charge in [0.25, 0.3) is 0 Å². The molecule has 1 heterocycles. The van der Waals surface area contributed by atoms with Crippen molar-refractivity contribution in [2.24, 2.45) is 0 Å². The van der Waals surface area contributed by atoms with Crippen LogP contribution in [0.2, 0.25) is 0 Å². The maximum atomic E-state index is 9.07. The molecule has 0 fully saturated rings. The average molecular weight is 422 g/mol. The van der Waals surface area contributed by atoms with Crippen LogP contribution >= 0.6 is 0 Å². The molecule has 0 radical (unpaired) electrons. The molecule has 0 amide bonds. The predicted molar refractivity (Wildman–Crippen MR) is 127 cm³/mol. The summed E-state index contributed by atoms with van der Waals surface area (Å²) in [5.74, 6) is 2.25. The van der Waals surface area contributed by atoms with Crippen LogP contribution in [0.15, 0.2) is 89.8 Å². The number of para-hydroxylation sites is 1. The van der Waals surface area contributed by atoms with Gasteiger partial charge in [0.2, 0.25) is 0 Å². The highest BCUT2D eigenvalue weighted by molar-refractivity contribution is 5.90. The zero-order valence-corrected chi connectivity index (χ0v) is 17.8. The fraction of sp³-hybridized carbons (Fsp3) is 0.154. The summed E-state index contributed by atoms with van der Waals surface area (Å²) in [6.07, 6.45) is 8.08. The van der Waals surface area contributed by atoms with Gasteiger partial charge < -0.3 is 15.4 Å². The number of methoxy groups -OCH3 is 1. The van der Waals surface area contributed by atoms with Crippen LogP contribution < -0.4 is 15.4 Å². The van der Waals surface area contributed by atoms with Gasteiger partial charge in [0, 0.05) is 36.2 Å². The van der Waals surface area contributed by atoms with E-state index >= 15 is 0 Å². The van der Waals surface area contributed by atoms with Gasteiger partial charge in [-0.25, -0.2) is 9.97 Å². The van der Waals surface area contributed by atoms with Crippen LogP contribution in [0.1, 0.15) is 6.42 Å². The second-order valence-corrected chi connectivity index (χ2v) is 7.14. The molecule has 0 bridgehead atoms. The van der Waals surface area contributed by atoms with Gasteiger partial charge >= 0.3 is 0 Å². The first-order valence-corrected chi connectivity index (χ1v) is 10.4. The van der Waals surface area contributed by atoms with Gasteiger partial charge in [0.15, 0.2) is 5.82 Å². The Balaban J connectivity index is 1.49. The third-order valence-corrected chi connectivity index (χ3v) is 4.99. The number of nitrogens with zero attached hydrogens (tertiary/aromatic N) is 3. The summed E-state index contributed by atoms with van der Waals surface area (Å²) in [6.45, 7) is 1.38. The number of benzene rings is 2. The molecule has 0 saturated heterocycles. The molecule has 6 heteroatoms. The smallest absolute Gasteiger partial charge is 0.162 e. The molecule has 1 aromatic heterocycles. The van der Waals surface area contributed by atoms with E-state index in [1.54, 1.807) is 19.3 Å². The number of nitrogens with one attached hydrogen (secondary N) is 2. The second-order valence-electron chi connectivity index (χ2n) is 7.14. The first-order chi connectivity index (χ1) is 15.8. The summed E-state index contributed by atoms with van der Waals surface area (Å²) in [4.78, 5) is 9.52. The molecular formula is C26H23N5O. The summed E-state index contributed by atoms with van der Waals surface area (Å²) in [6, 6.07) is 17.8. The van der Waals surface area contributed by atoms with Gasteiger partial charge in [-0.1, -0.05) is 12.1 Å². The number of aromatic nitrogens is 2. The van der Waals surface area contributed by atoms with E-state index in [0.717, 1.165) is 40.2 Å². The Morgan fingerprint density at radius 2 is 1.84 bits per heavy atom. The maximum absolute atomic E-state index is 9.07. The van der Waals surface area contributed by atoms with Crippen molar-refractivity contribution in [1.29, 1.82) is 5.26 Å². The van der Waals surface area contributed by atoms with Crippen LogP contribution in [0.3, 0.4) is 0 Å². The van der Waals surface area contributed by atoms with E-state index in [9.17, 15) is 0 Å². The molecule has 0 unspecified atom stereocenters. The minimum Gasteiger partial charge on any atom is -0.497 e. The third-order valence-electron chi connectivity index (χ3n) is 4.99. The van der Waals surface area contributed by atoms with E-state index in [0.29, 0.717) is 24.5 Å². The molecule has 0 atom stereocenters. The fourth-order valence-electron chi connectivity index (χ4n) is 3.31. The van der Waals surface area contributed by atoms with Crippen LogP contribution in [0.25, 0.3) is 22.3 Å². The number of ether oxygens (including phenoxy) is 1. The number of hydrogen-bond donors (Lipinski definition) is 2. The first-order valence-electron chi connectivity index (χ1n) is 10.4. The van der Waals surface area contributed by atoms with Gasteiger partial charge in [0.05, 0.1) is 24.3 Å². The molecule has 0 aliphatic heterocycles. The molecular weight excluding hydrogens is 398 g/mol. The molecule has 32 heavy (non-hydrogen) atoms. The van der Waals surface area contributed by atoms with Gasteiger partial charge in [-0.2, -0.15) is 5.26 Å². The fourth-order valence-corrected chi connectivity index (χ4v) is 3.31. The zero-order valence-electron chi connectivity index (χ0n) is 17.8. The summed E-state index contributed by atoms with van der Waals surface area (Å²) in [5, 5.41) is 16.9. The minimum atomic E-state index is 0.580. The van der Waals surface area contributed by atoms with Crippen molar-refractivity contribution in [3.05, 3.63) is 89.8 Å². The van der Waals surface area contributed by atoms with Gasteiger partial charge in [-0.05, 0) is 60.7 Å². The Hall–Kier alpha value is -4.33. The van der Waals surface area contributed by atoms with Crippen LogP contribution in [-0.2, 0) is 0 Å². The Morgan fingerprint density at radius 3 is 2.66 bits per heavy atom. The van der Waals surface area contributed by atoms with Crippen LogP contribution in [0, 0.1) is 11.3 Å². The molecule has 1 aliphatic rings. The molecule has 3 aromatic rings. The lowest BCUT2D eigenvalue weighted by atomic mass is 10.1. The van der Waals surface area contributed by atoms with Crippen molar-refractivity contribution < 1.29 is 4.74 Å². The maximum Gasteiger partial charge on any atom is 0.162 e. The highest BCUT2D eigenvalue weighted by Gasteiger charge is 2.09. The monoisotopic (exact) mass is 421 g/mol. The summed E-state index contributed by atoms with van der Waals surface area (Å²) in [5.41, 5.74) is 6.45. The highest BCUT2D eigenvalue weighted by Crippen LogP contribution is 2.26. The number of rotatable bonds is 7. The van der Waals surface area contributed by atoms with E-state index in [1.165, 1.54) is 0 Å². The van der Waals surface area contributed by atoms with E-state index in [-0.39, 0.29) is 0 Å². The summed E-state index contributed by atoms with van der Waals surface area (Å²) >= 11 is 0. The molecule has 4 rings (SSSR count). The van der Waals surface area contributed by atoms with Crippen molar-refractivity contribution in [1.82, 2.24) is 15.3 Å². The van der Waals surface area contributed by atoms with Crippen LogP contribution in [0.5, 0.6) is 5.75 Å². The summed E-state index contributed by atoms with van der Waals surface area (Å²) in [7, 11) is 1.65. The average Bonchev–Trinajstić information content (AvgIpc) is 2.83. The third kappa shape index (κ3) is 5.04. The van der Waals surface area contributed by atoms with E-state index in [1.807, 2.05) is 60.7 Å². The van der Waals surface area contributed by atoms with Gasteiger partial charge in [-0.15, -0.1) is 5.73 Å². The Morgan fingerprint density at radius 1 is 1.03 bits per heavy atom. The van der Waals surface area contributed by atoms with Crippen molar-refractivity contribution in [3.63, 3.8) is 0 Å². The molecule has 1 aliphatic carbocycles. The van der Waals surface area contributed by atoms with Crippen LogP contribution in [0.4, 0.5) is 5.82 Å². The van der Waals surface area contributed by atoms with Crippen molar-refractivity contribution in [2.75, 3.05) is 25.5 Å². The number of anilines is 1. The van der Waals surface area contributed by atoms with Crippen molar-refractivity contribution in [3.8, 4) is 23.2 Å².